The van der Waals surface area contributed by atoms with Crippen LogP contribution in [0.2, 0.25) is 66.5 Å². The molecule has 414 valence electrons. The summed E-state index contributed by atoms with van der Waals surface area (Å²) in [5.74, 6) is 16.2. The molecular formula is C72H98O2Si4. The molecule has 0 amide bonds. The molecule has 0 bridgehead atoms. The zero-order valence-corrected chi connectivity index (χ0v) is 56.8. The maximum absolute atomic E-state index is 13.1. The van der Waals surface area contributed by atoms with E-state index in [0.29, 0.717) is 77.6 Å². The number of fused-ring (bicyclic) bond motifs is 4. The summed E-state index contributed by atoms with van der Waals surface area (Å²) in [4.78, 5) is 0. The van der Waals surface area contributed by atoms with Gasteiger partial charge in [0.25, 0.3) is 0 Å². The van der Waals surface area contributed by atoms with Crippen molar-refractivity contribution in [3.05, 3.63) is 95.1 Å². The van der Waals surface area contributed by atoms with Gasteiger partial charge in [-0.15, -0.1) is 22.2 Å². The second-order valence-corrected chi connectivity index (χ2v) is 49.3. The van der Waals surface area contributed by atoms with Crippen LogP contribution in [-0.4, -0.2) is 42.5 Å². The van der Waals surface area contributed by atoms with Crippen molar-refractivity contribution in [3.8, 4) is 68.5 Å². The first-order valence-electron chi connectivity index (χ1n) is 30.0. The third kappa shape index (κ3) is 10.4. The molecule has 2 nitrogen and oxygen atoms in total. The van der Waals surface area contributed by atoms with Gasteiger partial charge in [-0.05, 0) is 112 Å². The highest BCUT2D eigenvalue weighted by Gasteiger charge is 2.45. The molecule has 0 radical (unpaired) electrons. The summed E-state index contributed by atoms with van der Waals surface area (Å²) in [5, 5.41) is 33.9. The highest BCUT2D eigenvalue weighted by Crippen LogP contribution is 2.52. The highest BCUT2D eigenvalue weighted by atomic mass is 28.3. The van der Waals surface area contributed by atoms with Crippen LogP contribution in [0, 0.1) is 45.9 Å². The molecule has 0 unspecified atom stereocenters. The molecule has 2 N–H and O–H groups in total. The van der Waals surface area contributed by atoms with Crippen molar-refractivity contribution in [2.45, 2.75) is 233 Å². The second kappa shape index (κ2) is 24.0. The molecule has 0 aliphatic rings. The number of phenolic OH excluding ortho intramolecular Hbond substituents is 2. The van der Waals surface area contributed by atoms with Crippen LogP contribution in [0.25, 0.3) is 54.2 Å². The fourth-order valence-corrected chi connectivity index (χ4v) is 36.8. The predicted molar refractivity (Wildman–Crippen MR) is 357 cm³/mol. The summed E-state index contributed by atoms with van der Waals surface area (Å²) >= 11 is 0. The van der Waals surface area contributed by atoms with Crippen LogP contribution in [0.3, 0.4) is 0 Å². The molecule has 0 aliphatic carbocycles. The van der Waals surface area contributed by atoms with Crippen molar-refractivity contribution in [3.63, 3.8) is 0 Å². The predicted octanol–water partition coefficient (Wildman–Crippen LogP) is 21.7. The first-order chi connectivity index (χ1) is 36.5. The Morgan fingerprint density at radius 2 is 0.449 bits per heavy atom. The summed E-state index contributed by atoms with van der Waals surface area (Å²) in [7, 11) is -9.11. The molecule has 0 atom stereocenters. The van der Waals surface area contributed by atoms with Crippen LogP contribution in [0.5, 0.6) is 11.5 Å². The van der Waals surface area contributed by atoms with Gasteiger partial charge >= 0.3 is 0 Å². The molecule has 0 heterocycles. The van der Waals surface area contributed by atoms with Crippen molar-refractivity contribution in [2.75, 3.05) is 0 Å². The molecule has 0 aromatic heterocycles. The number of aromatic hydroxyl groups is 2. The fraction of sp³-hybridized carbons (Fsp3) is 0.500. The zero-order valence-electron chi connectivity index (χ0n) is 52.8. The van der Waals surface area contributed by atoms with Crippen molar-refractivity contribution >= 4 is 75.4 Å². The first-order valence-corrected chi connectivity index (χ1v) is 38.9. The highest BCUT2D eigenvalue weighted by molar-refractivity contribution is 6.92. The third-order valence-electron chi connectivity index (χ3n) is 19.7. The molecule has 0 saturated heterocycles. The zero-order chi connectivity index (χ0) is 58.3. The van der Waals surface area contributed by atoms with Crippen molar-refractivity contribution < 1.29 is 10.2 Å². The van der Waals surface area contributed by atoms with Gasteiger partial charge in [-0.1, -0.05) is 238 Å². The van der Waals surface area contributed by atoms with Gasteiger partial charge in [0.15, 0.2) is 0 Å². The Morgan fingerprint density at radius 3 is 0.654 bits per heavy atom. The SMILES string of the molecule is CC(C)[Si](C#Cc1c2ccccc2c(C#C[Si](C(C)C)(C(C)C)C(C)C)c2c(-c3c(O)ccc4c(C#C[Si](C(C)C)(C(C)C)C(C)C)c5ccccc5c(C#C[Si](C(C)C)(C(C)C)C(C)C)c34)c(O)ccc12)(C(C)C)C(C)C. The van der Waals surface area contributed by atoms with Crippen molar-refractivity contribution in [1.29, 1.82) is 0 Å². The monoisotopic (exact) mass is 1110 g/mol. The Hall–Kier alpha value is -4.93. The quantitative estimate of drug-likeness (QED) is 0.0687. The van der Waals surface area contributed by atoms with Gasteiger partial charge in [-0.25, -0.2) is 0 Å². The van der Waals surface area contributed by atoms with E-state index in [2.05, 4.69) is 273 Å². The van der Waals surface area contributed by atoms with Crippen molar-refractivity contribution in [1.82, 2.24) is 0 Å². The number of hydrogen-bond acceptors (Lipinski definition) is 2. The van der Waals surface area contributed by atoms with Crippen LogP contribution >= 0.6 is 0 Å². The lowest BCUT2D eigenvalue weighted by atomic mass is 9.83. The topological polar surface area (TPSA) is 40.5 Å². The maximum Gasteiger partial charge on any atom is 0.146 e. The van der Waals surface area contributed by atoms with E-state index in [0.717, 1.165) is 65.3 Å². The Balaban J connectivity index is 2.06. The normalized spacial score (nSPS) is 12.9. The third-order valence-corrected chi connectivity index (χ3v) is 44.8. The minimum Gasteiger partial charge on any atom is -0.507 e. The molecule has 0 saturated carbocycles. The smallest absolute Gasteiger partial charge is 0.146 e. The van der Waals surface area contributed by atoms with Crippen LogP contribution in [-0.2, 0) is 0 Å². The van der Waals surface area contributed by atoms with E-state index in [1.165, 1.54) is 0 Å². The van der Waals surface area contributed by atoms with Gasteiger partial charge in [0.1, 0.15) is 43.8 Å². The van der Waals surface area contributed by atoms with Gasteiger partial charge in [-0.2, -0.15) is 0 Å². The van der Waals surface area contributed by atoms with E-state index in [1.807, 2.05) is 12.1 Å². The molecular weight excluding hydrogens is 1010 g/mol. The van der Waals surface area contributed by atoms with Gasteiger partial charge in [0, 0.05) is 54.9 Å². The summed E-state index contributed by atoms with van der Waals surface area (Å²) in [5.41, 5.74) is 26.4. The summed E-state index contributed by atoms with van der Waals surface area (Å²) in [6.07, 6.45) is 0. The van der Waals surface area contributed by atoms with Gasteiger partial charge in [0.05, 0.1) is 0 Å². The molecule has 78 heavy (non-hydrogen) atoms. The average molecular weight is 1110 g/mol. The van der Waals surface area contributed by atoms with Crippen LogP contribution < -0.4 is 0 Å². The molecule has 0 aliphatic heterocycles. The molecule has 6 heteroatoms. The molecule has 6 aromatic carbocycles. The Labute approximate surface area is 478 Å². The van der Waals surface area contributed by atoms with Gasteiger partial charge < -0.3 is 10.2 Å². The van der Waals surface area contributed by atoms with E-state index < -0.39 is 32.3 Å². The maximum atomic E-state index is 13.1. The van der Waals surface area contributed by atoms with E-state index >= 15 is 0 Å². The molecule has 0 spiro atoms. The largest absolute Gasteiger partial charge is 0.507 e. The fourth-order valence-electron chi connectivity index (χ4n) is 16.0. The van der Waals surface area contributed by atoms with Crippen LogP contribution in [0.15, 0.2) is 72.8 Å². The van der Waals surface area contributed by atoms with Gasteiger partial charge in [0.2, 0.25) is 0 Å². The minimum atomic E-state index is -2.32. The van der Waals surface area contributed by atoms with E-state index in [-0.39, 0.29) is 11.5 Å². The second-order valence-electron chi connectivity index (χ2n) is 26.9. The van der Waals surface area contributed by atoms with Crippen LogP contribution in [0.4, 0.5) is 0 Å². The molecule has 0 fully saturated rings. The standard InChI is InChI=1S/C72H98O2Si4/c1-45(2)75(46(3)4,47(5)6)41-37-61-57-29-25-27-31-59(57)65(39-43-77(51(13)14,52(15)16)53(17)18)69-63(61)33-35-67(73)71(69)72-68(74)36-34-64-62(38-42-76(48(7)8,49(9)10)50(11)12)58-30-26-28-32-60(58)66(70(64)72)40-44-78(54(19)20,55(21)22)56(23)24/h25-36,45-56,73-74H,1-24H3. The van der Waals surface area contributed by atoms with E-state index in [4.69, 9.17) is 0 Å². The lowest BCUT2D eigenvalue weighted by Crippen LogP contribution is -2.43. The number of benzene rings is 6. The summed E-state index contributed by atoms with van der Waals surface area (Å²) in [6, 6.07) is 25.2. The summed E-state index contributed by atoms with van der Waals surface area (Å²) < 4.78 is 0. The number of hydrogen-bond donors (Lipinski definition) is 2. The summed E-state index contributed by atoms with van der Waals surface area (Å²) in [6.45, 7) is 56.9. The van der Waals surface area contributed by atoms with Crippen LogP contribution in [0.1, 0.15) is 188 Å². The number of phenols is 2. The number of rotatable bonds is 13. The Bertz CT molecular complexity index is 3140. The average Bonchev–Trinajstić information content (AvgIpc) is 3.55. The lowest BCUT2D eigenvalue weighted by molar-refractivity contribution is 0.470. The van der Waals surface area contributed by atoms with Crippen molar-refractivity contribution in [2.24, 2.45) is 0 Å². The van der Waals surface area contributed by atoms with E-state index in [1.54, 1.807) is 0 Å². The molecule has 6 aromatic rings. The Kier molecular flexibility index (Phi) is 19.2. The molecule has 6 rings (SSSR count). The Morgan fingerprint density at radius 1 is 0.256 bits per heavy atom. The first kappa shape index (κ1) is 62.3. The van der Waals surface area contributed by atoms with E-state index in [9.17, 15) is 10.2 Å². The minimum absolute atomic E-state index is 0.0821. The van der Waals surface area contributed by atoms with Gasteiger partial charge in [-0.3, -0.25) is 0 Å². The lowest BCUT2D eigenvalue weighted by Gasteiger charge is -2.38.